The number of benzene rings is 2. The van der Waals surface area contributed by atoms with Crippen molar-refractivity contribution < 1.29 is 19.2 Å². The lowest BCUT2D eigenvalue weighted by Crippen LogP contribution is -2.38. The maximum atomic E-state index is 13.2. The van der Waals surface area contributed by atoms with E-state index >= 15 is 0 Å². The van der Waals surface area contributed by atoms with Gasteiger partial charge in [-0.25, -0.2) is 0 Å². The molecule has 2 N–H and O–H groups in total. The lowest BCUT2D eigenvalue weighted by atomic mass is 10.1. The molecule has 0 bridgehead atoms. The second-order valence-corrected chi connectivity index (χ2v) is 9.16. The summed E-state index contributed by atoms with van der Waals surface area (Å²) in [6, 6.07) is 11.4. The van der Waals surface area contributed by atoms with Crippen molar-refractivity contribution in [2.24, 2.45) is 0 Å². The molecule has 0 radical (unpaired) electrons. The van der Waals surface area contributed by atoms with E-state index in [1.807, 2.05) is 6.07 Å². The molecule has 0 aliphatic carbocycles. The van der Waals surface area contributed by atoms with Gasteiger partial charge in [-0.05, 0) is 67.8 Å². The molecule has 10 heteroatoms. The molecule has 0 unspecified atom stereocenters. The van der Waals surface area contributed by atoms with Crippen LogP contribution in [0.15, 0.2) is 48.5 Å². The van der Waals surface area contributed by atoms with E-state index in [0.29, 0.717) is 23.4 Å². The van der Waals surface area contributed by atoms with Gasteiger partial charge in [-0.3, -0.25) is 24.6 Å². The average molecular weight is 508 g/mol. The molecule has 2 aliphatic heterocycles. The number of anilines is 2. The number of carbonyl (C=O) groups is 2. The van der Waals surface area contributed by atoms with Crippen LogP contribution in [-0.4, -0.2) is 74.1 Å². The van der Waals surface area contributed by atoms with Crippen LogP contribution in [0, 0.1) is 10.1 Å². The largest absolute Gasteiger partial charge is 0.379 e. The fourth-order valence-corrected chi connectivity index (χ4v) is 4.52. The first-order valence-corrected chi connectivity index (χ1v) is 12.7. The molecule has 2 fully saturated rings. The summed E-state index contributed by atoms with van der Waals surface area (Å²) < 4.78 is 5.38. The predicted molar refractivity (Wildman–Crippen MR) is 143 cm³/mol. The van der Waals surface area contributed by atoms with Crippen LogP contribution in [0.2, 0.25) is 0 Å². The van der Waals surface area contributed by atoms with Gasteiger partial charge in [0.05, 0.1) is 23.7 Å². The Kier molecular flexibility index (Phi) is 9.23. The highest BCUT2D eigenvalue weighted by atomic mass is 16.6. The predicted octanol–water partition coefficient (Wildman–Crippen LogP) is 3.30. The molecule has 196 valence electrons. The van der Waals surface area contributed by atoms with Gasteiger partial charge in [0.15, 0.2) is 0 Å². The number of nitro benzene ring substituents is 1. The summed E-state index contributed by atoms with van der Waals surface area (Å²) in [7, 11) is 0. The number of non-ortho nitro benzene ring substituents is 1. The summed E-state index contributed by atoms with van der Waals surface area (Å²) in [6.07, 6.45) is 5.98. The number of ether oxygens (including phenoxy) is 1. The van der Waals surface area contributed by atoms with Gasteiger partial charge >= 0.3 is 0 Å². The monoisotopic (exact) mass is 507 g/mol. The molecule has 0 aromatic heterocycles. The Bertz CT molecular complexity index is 1120. The van der Waals surface area contributed by atoms with E-state index in [-0.39, 0.29) is 17.5 Å². The number of amides is 2. The minimum absolute atomic E-state index is 0.00778. The van der Waals surface area contributed by atoms with Gasteiger partial charge < -0.3 is 20.3 Å². The second-order valence-electron chi connectivity index (χ2n) is 9.16. The molecule has 2 heterocycles. The second kappa shape index (κ2) is 13.0. The summed E-state index contributed by atoms with van der Waals surface area (Å²) >= 11 is 0. The molecule has 2 aliphatic rings. The third-order valence-electron chi connectivity index (χ3n) is 6.53. The molecule has 2 aromatic rings. The van der Waals surface area contributed by atoms with E-state index in [1.165, 1.54) is 18.2 Å². The van der Waals surface area contributed by atoms with E-state index < -0.39 is 4.92 Å². The van der Waals surface area contributed by atoms with Crippen LogP contribution in [0.25, 0.3) is 6.08 Å². The van der Waals surface area contributed by atoms with Gasteiger partial charge in [-0.1, -0.05) is 0 Å². The third kappa shape index (κ3) is 7.61. The zero-order valence-corrected chi connectivity index (χ0v) is 20.9. The maximum Gasteiger partial charge on any atom is 0.269 e. The van der Waals surface area contributed by atoms with E-state index in [0.717, 1.165) is 70.9 Å². The van der Waals surface area contributed by atoms with Gasteiger partial charge in [0.25, 0.3) is 11.6 Å². The quantitative estimate of drug-likeness (QED) is 0.219. The van der Waals surface area contributed by atoms with E-state index in [2.05, 4.69) is 20.4 Å². The molecule has 0 spiro atoms. The fourth-order valence-electron chi connectivity index (χ4n) is 4.52. The summed E-state index contributed by atoms with van der Waals surface area (Å²) in [5, 5.41) is 16.6. The molecule has 2 aromatic carbocycles. The van der Waals surface area contributed by atoms with E-state index in [1.54, 1.807) is 30.3 Å². The topological polar surface area (TPSA) is 117 Å². The first-order chi connectivity index (χ1) is 18.0. The normalized spacial score (nSPS) is 16.2. The molecule has 2 amide bonds. The number of nitrogens with zero attached hydrogens (tertiary/aromatic N) is 3. The Hall–Kier alpha value is -3.76. The number of nitro groups is 1. The van der Waals surface area contributed by atoms with Crippen LogP contribution in [0.5, 0.6) is 0 Å². The lowest BCUT2D eigenvalue weighted by molar-refractivity contribution is -0.384. The van der Waals surface area contributed by atoms with Crippen molar-refractivity contribution >= 4 is 35.0 Å². The smallest absolute Gasteiger partial charge is 0.269 e. The van der Waals surface area contributed by atoms with Crippen molar-refractivity contribution in [3.8, 4) is 0 Å². The van der Waals surface area contributed by atoms with Crippen LogP contribution < -0.4 is 15.5 Å². The minimum atomic E-state index is -0.468. The van der Waals surface area contributed by atoms with E-state index in [9.17, 15) is 19.7 Å². The molecule has 10 nitrogen and oxygen atoms in total. The number of morpholine rings is 1. The summed E-state index contributed by atoms with van der Waals surface area (Å²) in [5.41, 5.74) is 2.61. The van der Waals surface area contributed by atoms with Gasteiger partial charge in [0.1, 0.15) is 0 Å². The Morgan fingerprint density at radius 1 is 1.03 bits per heavy atom. The fraction of sp³-hybridized carbons (Fsp3) is 0.407. The van der Waals surface area contributed by atoms with Gasteiger partial charge in [-0.2, -0.15) is 0 Å². The van der Waals surface area contributed by atoms with Crippen molar-refractivity contribution in [1.29, 1.82) is 0 Å². The zero-order valence-electron chi connectivity index (χ0n) is 20.9. The zero-order chi connectivity index (χ0) is 26.0. The van der Waals surface area contributed by atoms with Crippen molar-refractivity contribution in [1.82, 2.24) is 10.2 Å². The number of hydrogen-bond acceptors (Lipinski definition) is 7. The van der Waals surface area contributed by atoms with Crippen LogP contribution in [0.4, 0.5) is 17.1 Å². The third-order valence-corrected chi connectivity index (χ3v) is 6.53. The highest BCUT2D eigenvalue weighted by molar-refractivity contribution is 6.05. The number of carbonyl (C=O) groups excluding carboxylic acids is 2. The Morgan fingerprint density at radius 2 is 1.76 bits per heavy atom. The van der Waals surface area contributed by atoms with Crippen LogP contribution in [0.3, 0.4) is 0 Å². The van der Waals surface area contributed by atoms with Crippen molar-refractivity contribution in [3.05, 3.63) is 69.8 Å². The maximum absolute atomic E-state index is 13.2. The van der Waals surface area contributed by atoms with Crippen molar-refractivity contribution in [2.45, 2.75) is 19.3 Å². The Labute approximate surface area is 216 Å². The number of hydrogen-bond donors (Lipinski definition) is 2. The molecule has 0 atom stereocenters. The number of rotatable bonds is 10. The first-order valence-electron chi connectivity index (χ1n) is 12.7. The van der Waals surface area contributed by atoms with Crippen LogP contribution in [-0.2, 0) is 9.53 Å². The Morgan fingerprint density at radius 3 is 2.46 bits per heavy atom. The van der Waals surface area contributed by atoms with Gasteiger partial charge in [-0.15, -0.1) is 0 Å². The lowest BCUT2D eigenvalue weighted by Gasteiger charge is -2.26. The molecule has 2 saturated heterocycles. The number of nitrogens with one attached hydrogen (secondary N) is 2. The van der Waals surface area contributed by atoms with Crippen LogP contribution in [0.1, 0.15) is 35.2 Å². The van der Waals surface area contributed by atoms with Crippen LogP contribution >= 0.6 is 0 Å². The summed E-state index contributed by atoms with van der Waals surface area (Å²) in [6.45, 7) is 6.66. The average Bonchev–Trinajstić information content (AvgIpc) is 3.45. The minimum Gasteiger partial charge on any atom is -0.379 e. The summed E-state index contributed by atoms with van der Waals surface area (Å²) in [4.78, 5) is 40.5. The van der Waals surface area contributed by atoms with Gasteiger partial charge in [0.2, 0.25) is 5.91 Å². The van der Waals surface area contributed by atoms with Gasteiger partial charge in [0, 0.05) is 62.3 Å². The first kappa shape index (κ1) is 26.3. The highest BCUT2D eigenvalue weighted by Gasteiger charge is 2.20. The Balaban J connectivity index is 1.38. The standard InChI is InChI=1S/C27H33N5O5/c33-26(11-6-21-4-8-23(9-5-21)32(35)36)29-22-7-10-25(31-14-1-2-15-31)24(20-22)27(34)28-12-3-13-30-16-18-37-19-17-30/h4-11,20H,1-3,12-19H2,(H,28,34)(H,29,33)/b11-6+. The van der Waals surface area contributed by atoms with E-state index in [4.69, 9.17) is 4.74 Å². The molecule has 0 saturated carbocycles. The molecule has 37 heavy (non-hydrogen) atoms. The molecular weight excluding hydrogens is 474 g/mol. The molecule has 4 rings (SSSR count). The van der Waals surface area contributed by atoms with Crippen molar-refractivity contribution in [3.63, 3.8) is 0 Å². The summed E-state index contributed by atoms with van der Waals surface area (Å²) in [5.74, 6) is -0.509. The highest BCUT2D eigenvalue weighted by Crippen LogP contribution is 2.27. The SMILES string of the molecule is O=C(/C=C/c1ccc([N+](=O)[O-])cc1)Nc1ccc(N2CCCC2)c(C(=O)NCCCN2CCOCC2)c1. The molecular formula is C27H33N5O5. The van der Waals surface area contributed by atoms with Crippen molar-refractivity contribution in [2.75, 3.05) is 62.7 Å².